The lowest BCUT2D eigenvalue weighted by Crippen LogP contribution is -2.35. The average Bonchev–Trinajstić information content (AvgIpc) is 3.11. The number of benzene rings is 1. The van der Waals surface area contributed by atoms with Crippen molar-refractivity contribution >= 4 is 12.0 Å². The smallest absolute Gasteiger partial charge is 0.247 e. The zero-order chi connectivity index (χ0) is 20.8. The van der Waals surface area contributed by atoms with Gasteiger partial charge in [0.05, 0.1) is 12.7 Å². The van der Waals surface area contributed by atoms with Crippen molar-refractivity contribution in [1.82, 2.24) is 9.88 Å². The molecule has 1 aromatic carbocycles. The van der Waals surface area contributed by atoms with Crippen LogP contribution in [0.1, 0.15) is 30.9 Å². The molecule has 3 rings (SSSR count). The summed E-state index contributed by atoms with van der Waals surface area (Å²) in [6.07, 6.45) is 6.14. The van der Waals surface area contributed by atoms with Crippen molar-refractivity contribution in [3.05, 3.63) is 83.8 Å². The SMILES string of the molecule is Cc1ccc(CN(C(=O)/C=C/c2ccc(Oc3cccnc3)c(F)c2)C(C)C)o1. The van der Waals surface area contributed by atoms with E-state index in [-0.39, 0.29) is 17.7 Å². The van der Waals surface area contributed by atoms with Crippen LogP contribution in [0.25, 0.3) is 6.08 Å². The molecule has 0 radical (unpaired) electrons. The predicted octanol–water partition coefficient (Wildman–Crippen LogP) is 5.36. The van der Waals surface area contributed by atoms with Gasteiger partial charge in [0.2, 0.25) is 5.91 Å². The first-order valence-electron chi connectivity index (χ1n) is 9.34. The Labute approximate surface area is 169 Å². The molecule has 3 aromatic rings. The van der Waals surface area contributed by atoms with Crippen LogP contribution in [0.4, 0.5) is 4.39 Å². The number of rotatable bonds is 7. The Kier molecular flexibility index (Phi) is 6.44. The molecule has 0 unspecified atom stereocenters. The van der Waals surface area contributed by atoms with Crippen molar-refractivity contribution in [1.29, 1.82) is 0 Å². The summed E-state index contributed by atoms with van der Waals surface area (Å²) >= 11 is 0. The quantitative estimate of drug-likeness (QED) is 0.506. The van der Waals surface area contributed by atoms with E-state index >= 15 is 0 Å². The van der Waals surface area contributed by atoms with Crippen LogP contribution >= 0.6 is 0 Å². The van der Waals surface area contributed by atoms with E-state index in [1.165, 1.54) is 24.4 Å². The monoisotopic (exact) mass is 394 g/mol. The van der Waals surface area contributed by atoms with E-state index in [0.29, 0.717) is 17.9 Å². The van der Waals surface area contributed by atoms with Crippen molar-refractivity contribution in [2.24, 2.45) is 0 Å². The summed E-state index contributed by atoms with van der Waals surface area (Å²) in [5.41, 5.74) is 0.562. The van der Waals surface area contributed by atoms with Crippen molar-refractivity contribution < 1.29 is 18.3 Å². The Morgan fingerprint density at radius 2 is 2.10 bits per heavy atom. The summed E-state index contributed by atoms with van der Waals surface area (Å²) in [6.45, 7) is 6.11. The zero-order valence-corrected chi connectivity index (χ0v) is 16.6. The third kappa shape index (κ3) is 5.54. The van der Waals surface area contributed by atoms with Crippen molar-refractivity contribution in [2.45, 2.75) is 33.4 Å². The van der Waals surface area contributed by atoms with Gasteiger partial charge in [-0.3, -0.25) is 9.78 Å². The summed E-state index contributed by atoms with van der Waals surface area (Å²) in [5.74, 6) is 1.38. The van der Waals surface area contributed by atoms with Gasteiger partial charge in [-0.1, -0.05) is 6.07 Å². The maximum atomic E-state index is 14.3. The molecule has 0 bridgehead atoms. The second-order valence-corrected chi connectivity index (χ2v) is 6.89. The molecule has 0 saturated heterocycles. The third-order valence-corrected chi connectivity index (χ3v) is 4.27. The molecule has 0 aliphatic rings. The molecule has 0 aliphatic carbocycles. The van der Waals surface area contributed by atoms with Crippen LogP contribution in [-0.4, -0.2) is 21.8 Å². The Morgan fingerprint density at radius 1 is 1.28 bits per heavy atom. The fourth-order valence-corrected chi connectivity index (χ4v) is 2.75. The molecule has 0 fully saturated rings. The lowest BCUT2D eigenvalue weighted by atomic mass is 10.2. The van der Waals surface area contributed by atoms with Crippen LogP contribution in [0.2, 0.25) is 0 Å². The Hall–Kier alpha value is -3.41. The van der Waals surface area contributed by atoms with E-state index < -0.39 is 5.82 Å². The van der Waals surface area contributed by atoms with Gasteiger partial charge in [-0.25, -0.2) is 4.39 Å². The van der Waals surface area contributed by atoms with Crippen molar-refractivity contribution in [2.75, 3.05) is 0 Å². The highest BCUT2D eigenvalue weighted by Gasteiger charge is 2.16. The van der Waals surface area contributed by atoms with E-state index in [4.69, 9.17) is 9.15 Å². The maximum absolute atomic E-state index is 14.3. The maximum Gasteiger partial charge on any atom is 0.247 e. The zero-order valence-electron chi connectivity index (χ0n) is 16.6. The van der Waals surface area contributed by atoms with Gasteiger partial charge in [0.25, 0.3) is 0 Å². The highest BCUT2D eigenvalue weighted by molar-refractivity contribution is 5.92. The van der Waals surface area contributed by atoms with Gasteiger partial charge in [0.1, 0.15) is 17.3 Å². The van der Waals surface area contributed by atoms with E-state index in [1.54, 1.807) is 35.4 Å². The molecule has 2 aromatic heterocycles. The van der Waals surface area contributed by atoms with Gasteiger partial charge in [-0.2, -0.15) is 0 Å². The Morgan fingerprint density at radius 3 is 2.72 bits per heavy atom. The minimum Gasteiger partial charge on any atom is -0.464 e. The van der Waals surface area contributed by atoms with E-state index in [2.05, 4.69) is 4.98 Å². The second kappa shape index (κ2) is 9.19. The van der Waals surface area contributed by atoms with Gasteiger partial charge in [0, 0.05) is 18.3 Å². The van der Waals surface area contributed by atoms with Crippen molar-refractivity contribution in [3.63, 3.8) is 0 Å². The summed E-state index contributed by atoms with van der Waals surface area (Å²) < 4.78 is 25.4. The number of pyridine rings is 1. The molecule has 0 spiro atoms. The molecule has 6 heteroatoms. The largest absolute Gasteiger partial charge is 0.464 e. The number of carbonyl (C=O) groups excluding carboxylic acids is 1. The number of amides is 1. The number of aryl methyl sites for hydroxylation is 1. The van der Waals surface area contributed by atoms with Crippen LogP contribution in [0.3, 0.4) is 0 Å². The fraction of sp³-hybridized carbons (Fsp3) is 0.217. The standard InChI is InChI=1S/C23H23FN2O3/c1-16(2)26(15-20-9-6-17(3)28-20)23(27)11-8-18-7-10-22(21(24)13-18)29-19-5-4-12-25-14-19/h4-14,16H,15H2,1-3H3/b11-8+. The van der Waals surface area contributed by atoms with E-state index in [0.717, 1.165) is 11.5 Å². The lowest BCUT2D eigenvalue weighted by Gasteiger charge is -2.24. The summed E-state index contributed by atoms with van der Waals surface area (Å²) in [4.78, 5) is 18.3. The summed E-state index contributed by atoms with van der Waals surface area (Å²) in [5, 5.41) is 0. The lowest BCUT2D eigenvalue weighted by molar-refractivity contribution is -0.128. The molecule has 1 amide bonds. The Balaban J connectivity index is 1.68. The molecular formula is C23H23FN2O3. The van der Waals surface area contributed by atoms with E-state index in [9.17, 15) is 9.18 Å². The first-order chi connectivity index (χ1) is 13.9. The van der Waals surface area contributed by atoms with Gasteiger partial charge in [-0.15, -0.1) is 0 Å². The third-order valence-electron chi connectivity index (χ3n) is 4.27. The van der Waals surface area contributed by atoms with Crippen LogP contribution in [0.15, 0.2) is 65.4 Å². The molecule has 150 valence electrons. The minimum absolute atomic E-state index is 0.00968. The molecule has 2 heterocycles. The van der Waals surface area contributed by atoms with Crippen LogP contribution in [0.5, 0.6) is 11.5 Å². The average molecular weight is 394 g/mol. The first-order valence-corrected chi connectivity index (χ1v) is 9.34. The highest BCUT2D eigenvalue weighted by Crippen LogP contribution is 2.25. The predicted molar refractivity (Wildman–Crippen MR) is 109 cm³/mol. The number of furan rings is 1. The van der Waals surface area contributed by atoms with Gasteiger partial charge in [-0.05, 0) is 68.8 Å². The molecule has 29 heavy (non-hydrogen) atoms. The second-order valence-electron chi connectivity index (χ2n) is 6.89. The number of hydrogen-bond donors (Lipinski definition) is 0. The number of halogens is 1. The molecule has 0 atom stereocenters. The van der Waals surface area contributed by atoms with Crippen molar-refractivity contribution in [3.8, 4) is 11.5 Å². The number of nitrogens with zero attached hydrogens (tertiary/aromatic N) is 2. The highest BCUT2D eigenvalue weighted by atomic mass is 19.1. The molecule has 0 aliphatic heterocycles. The van der Waals surface area contributed by atoms with Gasteiger partial charge >= 0.3 is 0 Å². The number of ether oxygens (including phenoxy) is 1. The van der Waals surface area contributed by atoms with E-state index in [1.807, 2.05) is 32.9 Å². The van der Waals surface area contributed by atoms with Crippen LogP contribution in [0, 0.1) is 12.7 Å². The van der Waals surface area contributed by atoms with Crippen LogP contribution < -0.4 is 4.74 Å². The molecule has 0 N–H and O–H groups in total. The van der Waals surface area contributed by atoms with Crippen LogP contribution in [-0.2, 0) is 11.3 Å². The minimum atomic E-state index is -0.518. The number of hydrogen-bond acceptors (Lipinski definition) is 4. The molecule has 5 nitrogen and oxygen atoms in total. The summed E-state index contributed by atoms with van der Waals surface area (Å²) in [7, 11) is 0. The molecule has 0 saturated carbocycles. The number of aromatic nitrogens is 1. The Bertz CT molecular complexity index is 996. The fourth-order valence-electron chi connectivity index (χ4n) is 2.75. The normalized spacial score (nSPS) is 11.2. The van der Waals surface area contributed by atoms with Gasteiger partial charge in [0.15, 0.2) is 11.6 Å². The first kappa shape index (κ1) is 20.3. The van der Waals surface area contributed by atoms with Gasteiger partial charge < -0.3 is 14.1 Å². The summed E-state index contributed by atoms with van der Waals surface area (Å²) in [6, 6.07) is 11.7. The topological polar surface area (TPSA) is 55.6 Å². The molecular weight excluding hydrogens is 371 g/mol. The number of carbonyl (C=O) groups is 1.